The van der Waals surface area contributed by atoms with Crippen molar-refractivity contribution in [1.82, 2.24) is 5.32 Å². The van der Waals surface area contributed by atoms with E-state index in [1.807, 2.05) is 0 Å². The topological polar surface area (TPSA) is 38.3 Å². The van der Waals surface area contributed by atoms with Gasteiger partial charge in [0.25, 0.3) is 0 Å². The number of aryl methyl sites for hydroxylation is 2. The summed E-state index contributed by atoms with van der Waals surface area (Å²) in [5.41, 5.74) is 3.87. The van der Waals surface area contributed by atoms with Crippen molar-refractivity contribution in [3.63, 3.8) is 0 Å². The molecule has 1 aliphatic rings. The van der Waals surface area contributed by atoms with Gasteiger partial charge in [-0.1, -0.05) is 6.08 Å². The van der Waals surface area contributed by atoms with E-state index in [0.717, 1.165) is 32.4 Å². The van der Waals surface area contributed by atoms with Gasteiger partial charge in [-0.2, -0.15) is 0 Å². The van der Waals surface area contributed by atoms with E-state index in [4.69, 9.17) is 4.74 Å². The van der Waals surface area contributed by atoms with Gasteiger partial charge in [0.2, 0.25) is 0 Å². The zero-order chi connectivity index (χ0) is 17.6. The second-order valence-corrected chi connectivity index (χ2v) is 8.31. The second-order valence-electron chi connectivity index (χ2n) is 6.48. The number of nitrogens with one attached hydrogen (secondary N) is 1. The SMILES string of the molecule is Cc1ccsc1C(=CCCOC(=O)C1CCCNC1)c1sccc1C. The molecule has 1 fully saturated rings. The van der Waals surface area contributed by atoms with Crippen LogP contribution in [0.3, 0.4) is 0 Å². The van der Waals surface area contributed by atoms with Gasteiger partial charge in [-0.15, -0.1) is 22.7 Å². The average Bonchev–Trinajstić information content (AvgIpc) is 3.24. The van der Waals surface area contributed by atoms with Crippen LogP contribution in [0.15, 0.2) is 29.0 Å². The van der Waals surface area contributed by atoms with Crippen LogP contribution < -0.4 is 5.32 Å². The second kappa shape index (κ2) is 8.79. The number of thiophene rings is 2. The van der Waals surface area contributed by atoms with Crippen molar-refractivity contribution in [1.29, 1.82) is 0 Å². The largest absolute Gasteiger partial charge is 0.465 e. The van der Waals surface area contributed by atoms with Crippen LogP contribution in [-0.4, -0.2) is 25.7 Å². The summed E-state index contributed by atoms with van der Waals surface area (Å²) in [5, 5.41) is 7.54. The fraction of sp³-hybridized carbons (Fsp3) is 0.450. The van der Waals surface area contributed by atoms with Gasteiger partial charge < -0.3 is 10.1 Å². The van der Waals surface area contributed by atoms with E-state index in [2.05, 4.69) is 48.1 Å². The Morgan fingerprint density at radius 2 is 1.92 bits per heavy atom. The molecule has 1 unspecified atom stereocenters. The Kier molecular flexibility index (Phi) is 6.45. The third-order valence-corrected chi connectivity index (χ3v) is 6.65. The minimum absolute atomic E-state index is 0.0243. The molecule has 1 atom stereocenters. The van der Waals surface area contributed by atoms with Gasteiger partial charge in [0.05, 0.1) is 12.5 Å². The third-order valence-electron chi connectivity index (χ3n) is 4.55. The highest BCUT2D eigenvalue weighted by Gasteiger charge is 2.22. The lowest BCUT2D eigenvalue weighted by atomic mass is 10.0. The third kappa shape index (κ3) is 4.60. The number of carbonyl (C=O) groups is 1. The molecule has 25 heavy (non-hydrogen) atoms. The summed E-state index contributed by atoms with van der Waals surface area (Å²) in [6.45, 7) is 6.52. The molecule has 1 N–H and O–H groups in total. The van der Waals surface area contributed by atoms with Gasteiger partial charge in [0.15, 0.2) is 0 Å². The average molecular weight is 376 g/mol. The Balaban J connectivity index is 1.64. The van der Waals surface area contributed by atoms with E-state index in [-0.39, 0.29) is 11.9 Å². The first-order chi connectivity index (χ1) is 12.2. The highest BCUT2D eigenvalue weighted by molar-refractivity contribution is 7.14. The summed E-state index contributed by atoms with van der Waals surface area (Å²) in [6.07, 6.45) is 4.97. The molecular weight excluding hydrogens is 350 g/mol. The molecule has 134 valence electrons. The van der Waals surface area contributed by atoms with E-state index in [1.165, 1.54) is 26.5 Å². The van der Waals surface area contributed by atoms with Crippen molar-refractivity contribution in [2.75, 3.05) is 19.7 Å². The predicted molar refractivity (Wildman–Crippen MR) is 106 cm³/mol. The Morgan fingerprint density at radius 3 is 2.44 bits per heavy atom. The van der Waals surface area contributed by atoms with Crippen LogP contribution in [0.1, 0.15) is 40.1 Å². The first-order valence-electron chi connectivity index (χ1n) is 8.83. The normalized spacial score (nSPS) is 17.3. The van der Waals surface area contributed by atoms with Crippen molar-refractivity contribution in [3.8, 4) is 0 Å². The van der Waals surface area contributed by atoms with Gasteiger partial charge in [-0.05, 0) is 67.3 Å². The van der Waals surface area contributed by atoms with Crippen LogP contribution in [0.4, 0.5) is 0 Å². The van der Waals surface area contributed by atoms with Crippen LogP contribution in [0.5, 0.6) is 0 Å². The maximum atomic E-state index is 12.1. The first-order valence-corrected chi connectivity index (χ1v) is 10.6. The minimum atomic E-state index is -0.0539. The number of hydrogen-bond acceptors (Lipinski definition) is 5. The molecule has 0 aromatic carbocycles. The first kappa shape index (κ1) is 18.4. The van der Waals surface area contributed by atoms with Crippen LogP contribution in [0.25, 0.3) is 5.57 Å². The molecule has 3 heterocycles. The van der Waals surface area contributed by atoms with Gasteiger partial charge in [-0.3, -0.25) is 4.79 Å². The van der Waals surface area contributed by atoms with E-state index in [9.17, 15) is 4.79 Å². The highest BCUT2D eigenvalue weighted by atomic mass is 32.1. The molecule has 0 saturated carbocycles. The molecule has 3 nitrogen and oxygen atoms in total. The molecule has 1 saturated heterocycles. The summed E-state index contributed by atoms with van der Waals surface area (Å²) in [5.74, 6) is -0.0296. The molecule has 1 aliphatic heterocycles. The van der Waals surface area contributed by atoms with Crippen molar-refractivity contribution in [2.24, 2.45) is 5.92 Å². The van der Waals surface area contributed by atoms with Gasteiger partial charge >= 0.3 is 5.97 Å². The molecular formula is C20H25NO2S2. The van der Waals surface area contributed by atoms with E-state index >= 15 is 0 Å². The maximum Gasteiger partial charge on any atom is 0.310 e. The van der Waals surface area contributed by atoms with Gasteiger partial charge in [-0.25, -0.2) is 0 Å². The fourth-order valence-electron chi connectivity index (χ4n) is 3.12. The van der Waals surface area contributed by atoms with Gasteiger partial charge in [0, 0.05) is 28.3 Å². The number of carbonyl (C=O) groups excluding carboxylic acids is 1. The minimum Gasteiger partial charge on any atom is -0.465 e. The Labute approximate surface area is 157 Å². The Bertz CT molecular complexity index is 696. The number of esters is 1. The fourth-order valence-corrected chi connectivity index (χ4v) is 5.13. The summed E-state index contributed by atoms with van der Waals surface area (Å²) in [4.78, 5) is 14.8. The van der Waals surface area contributed by atoms with Gasteiger partial charge in [0.1, 0.15) is 0 Å². The number of rotatable bonds is 6. The van der Waals surface area contributed by atoms with Crippen molar-refractivity contribution in [3.05, 3.63) is 49.9 Å². The number of hydrogen-bond donors (Lipinski definition) is 1. The van der Waals surface area contributed by atoms with Crippen molar-refractivity contribution >= 4 is 34.2 Å². The number of piperidine rings is 1. The smallest absolute Gasteiger partial charge is 0.310 e. The molecule has 3 rings (SSSR count). The number of ether oxygens (including phenoxy) is 1. The van der Waals surface area contributed by atoms with Crippen LogP contribution in [0, 0.1) is 19.8 Å². The quantitative estimate of drug-likeness (QED) is 0.583. The van der Waals surface area contributed by atoms with E-state index in [0.29, 0.717) is 6.61 Å². The standard InChI is InChI=1S/C20H25NO2S2/c1-14-7-11-24-18(14)17(19-15(2)8-12-25-19)6-4-10-23-20(22)16-5-3-9-21-13-16/h6-8,11-12,16,21H,3-5,9-10,13H2,1-2H3. The summed E-state index contributed by atoms with van der Waals surface area (Å²) >= 11 is 3.55. The Morgan fingerprint density at radius 1 is 1.24 bits per heavy atom. The zero-order valence-corrected chi connectivity index (χ0v) is 16.5. The summed E-state index contributed by atoms with van der Waals surface area (Å²) in [7, 11) is 0. The highest BCUT2D eigenvalue weighted by Crippen LogP contribution is 2.35. The monoisotopic (exact) mass is 375 g/mol. The van der Waals surface area contributed by atoms with E-state index < -0.39 is 0 Å². The lowest BCUT2D eigenvalue weighted by Crippen LogP contribution is -2.35. The predicted octanol–water partition coefficient (Wildman–Crippen LogP) is 4.79. The van der Waals surface area contributed by atoms with Crippen molar-refractivity contribution in [2.45, 2.75) is 33.1 Å². The Hall–Kier alpha value is -1.43. The molecule has 0 amide bonds. The molecule has 0 radical (unpaired) electrons. The zero-order valence-electron chi connectivity index (χ0n) is 14.8. The molecule has 0 spiro atoms. The van der Waals surface area contributed by atoms with Crippen molar-refractivity contribution < 1.29 is 9.53 Å². The van der Waals surface area contributed by atoms with Crippen LogP contribution in [-0.2, 0) is 9.53 Å². The molecule has 5 heteroatoms. The lowest BCUT2D eigenvalue weighted by molar-refractivity contribution is -0.148. The molecule has 0 bridgehead atoms. The molecule has 2 aromatic rings. The van der Waals surface area contributed by atoms with E-state index in [1.54, 1.807) is 22.7 Å². The lowest BCUT2D eigenvalue weighted by Gasteiger charge is -2.20. The molecule has 0 aliphatic carbocycles. The van der Waals surface area contributed by atoms with Crippen LogP contribution in [0.2, 0.25) is 0 Å². The summed E-state index contributed by atoms with van der Waals surface area (Å²) in [6, 6.07) is 4.32. The van der Waals surface area contributed by atoms with Crippen LogP contribution >= 0.6 is 22.7 Å². The molecule has 2 aromatic heterocycles. The maximum absolute atomic E-state index is 12.1. The summed E-state index contributed by atoms with van der Waals surface area (Å²) < 4.78 is 5.51.